The molecule has 1 aromatic carbocycles. The van der Waals surface area contributed by atoms with Crippen LogP contribution in [0.5, 0.6) is 0 Å². The standard InChI is InChI=1S/C14H20N2O3/c1-15-11-6-4-10(5-7-11)14(17)16-8-12(18-2)13(9-16)19-3/h4-7,12-13,15H,8-9H2,1-3H3. The van der Waals surface area contributed by atoms with E-state index in [0.717, 1.165) is 5.69 Å². The Kier molecular flexibility index (Phi) is 4.39. The van der Waals surface area contributed by atoms with E-state index in [1.165, 1.54) is 0 Å². The molecule has 1 aliphatic heterocycles. The first-order chi connectivity index (χ1) is 9.19. The van der Waals surface area contributed by atoms with Crippen LogP contribution in [0.15, 0.2) is 24.3 Å². The number of carbonyl (C=O) groups excluding carboxylic acids is 1. The molecule has 1 aromatic rings. The fourth-order valence-electron chi connectivity index (χ4n) is 2.32. The summed E-state index contributed by atoms with van der Waals surface area (Å²) in [5.41, 5.74) is 1.67. The van der Waals surface area contributed by atoms with Crippen molar-refractivity contribution in [3.05, 3.63) is 29.8 Å². The molecular formula is C14H20N2O3. The van der Waals surface area contributed by atoms with Crippen molar-refractivity contribution >= 4 is 11.6 Å². The van der Waals surface area contributed by atoms with Crippen molar-refractivity contribution in [3.63, 3.8) is 0 Å². The van der Waals surface area contributed by atoms with Crippen LogP contribution < -0.4 is 5.32 Å². The SMILES string of the molecule is CNc1ccc(C(=O)N2CC(OC)C(OC)C2)cc1. The van der Waals surface area contributed by atoms with Crippen molar-refractivity contribution in [2.24, 2.45) is 0 Å². The monoisotopic (exact) mass is 264 g/mol. The van der Waals surface area contributed by atoms with Gasteiger partial charge in [0.2, 0.25) is 0 Å². The highest BCUT2D eigenvalue weighted by Crippen LogP contribution is 2.19. The van der Waals surface area contributed by atoms with Crippen molar-refractivity contribution in [3.8, 4) is 0 Å². The van der Waals surface area contributed by atoms with Crippen LogP contribution in [0, 0.1) is 0 Å². The second-order valence-electron chi connectivity index (χ2n) is 4.59. The maximum Gasteiger partial charge on any atom is 0.254 e. The number of anilines is 1. The summed E-state index contributed by atoms with van der Waals surface area (Å²) in [6.45, 7) is 1.14. The predicted molar refractivity (Wildman–Crippen MR) is 73.5 cm³/mol. The van der Waals surface area contributed by atoms with Gasteiger partial charge in [-0.15, -0.1) is 0 Å². The minimum Gasteiger partial charge on any atom is -0.388 e. The van der Waals surface area contributed by atoms with E-state index in [2.05, 4.69) is 5.32 Å². The third-order valence-corrected chi connectivity index (χ3v) is 3.53. The molecule has 5 heteroatoms. The van der Waals surface area contributed by atoms with Gasteiger partial charge in [-0.2, -0.15) is 0 Å². The Balaban J connectivity index is 2.07. The van der Waals surface area contributed by atoms with Crippen LogP contribution in [0.3, 0.4) is 0 Å². The quantitative estimate of drug-likeness (QED) is 0.888. The molecule has 5 nitrogen and oxygen atoms in total. The van der Waals surface area contributed by atoms with E-state index in [9.17, 15) is 4.79 Å². The number of carbonyl (C=O) groups is 1. The molecule has 0 aliphatic carbocycles. The van der Waals surface area contributed by atoms with Crippen LogP contribution in [-0.2, 0) is 9.47 Å². The lowest BCUT2D eigenvalue weighted by molar-refractivity contribution is -0.00461. The molecule has 19 heavy (non-hydrogen) atoms. The van der Waals surface area contributed by atoms with Gasteiger partial charge in [0.1, 0.15) is 12.2 Å². The summed E-state index contributed by atoms with van der Waals surface area (Å²) in [6.07, 6.45) is -0.101. The molecule has 2 unspecified atom stereocenters. The summed E-state index contributed by atoms with van der Waals surface area (Å²) >= 11 is 0. The first-order valence-corrected chi connectivity index (χ1v) is 6.32. The summed E-state index contributed by atoms with van der Waals surface area (Å²) in [6, 6.07) is 7.45. The Bertz CT molecular complexity index is 421. The summed E-state index contributed by atoms with van der Waals surface area (Å²) in [4.78, 5) is 14.1. The Morgan fingerprint density at radius 2 is 1.68 bits per heavy atom. The van der Waals surface area contributed by atoms with Gasteiger partial charge in [0.05, 0.1) is 0 Å². The smallest absolute Gasteiger partial charge is 0.254 e. The molecule has 1 fully saturated rings. The molecule has 1 saturated heterocycles. The molecule has 1 heterocycles. The molecule has 0 aromatic heterocycles. The number of nitrogens with zero attached hydrogens (tertiary/aromatic N) is 1. The van der Waals surface area contributed by atoms with Gasteiger partial charge in [0, 0.05) is 45.6 Å². The van der Waals surface area contributed by atoms with Gasteiger partial charge in [-0.3, -0.25) is 4.79 Å². The highest BCUT2D eigenvalue weighted by Gasteiger charge is 2.35. The van der Waals surface area contributed by atoms with Crippen LogP contribution in [0.4, 0.5) is 5.69 Å². The lowest BCUT2D eigenvalue weighted by Gasteiger charge is -2.16. The van der Waals surface area contributed by atoms with Gasteiger partial charge < -0.3 is 19.7 Å². The number of rotatable bonds is 4. The first-order valence-electron chi connectivity index (χ1n) is 6.32. The minimum atomic E-state index is -0.0504. The highest BCUT2D eigenvalue weighted by atomic mass is 16.5. The Morgan fingerprint density at radius 3 is 2.11 bits per heavy atom. The largest absolute Gasteiger partial charge is 0.388 e. The first kappa shape index (κ1) is 13.8. The second kappa shape index (κ2) is 6.04. The summed E-state index contributed by atoms with van der Waals surface area (Å²) in [5.74, 6) is 0.0178. The number of hydrogen-bond acceptors (Lipinski definition) is 4. The van der Waals surface area contributed by atoms with Crippen LogP contribution in [0.2, 0.25) is 0 Å². The zero-order chi connectivity index (χ0) is 13.8. The van der Waals surface area contributed by atoms with Gasteiger partial charge in [-0.05, 0) is 24.3 Å². The van der Waals surface area contributed by atoms with Crippen molar-refractivity contribution in [2.45, 2.75) is 12.2 Å². The lowest BCUT2D eigenvalue weighted by atomic mass is 10.2. The number of hydrogen-bond donors (Lipinski definition) is 1. The Labute approximate surface area is 113 Å². The molecule has 1 N–H and O–H groups in total. The maximum absolute atomic E-state index is 12.4. The molecule has 1 amide bonds. The number of methoxy groups -OCH3 is 2. The van der Waals surface area contributed by atoms with Crippen molar-refractivity contribution < 1.29 is 14.3 Å². The molecule has 2 atom stereocenters. The van der Waals surface area contributed by atoms with Gasteiger partial charge in [0.25, 0.3) is 5.91 Å². The molecule has 2 rings (SSSR count). The molecule has 0 saturated carbocycles. The van der Waals surface area contributed by atoms with E-state index in [1.807, 2.05) is 31.3 Å². The van der Waals surface area contributed by atoms with Crippen LogP contribution in [-0.4, -0.2) is 57.4 Å². The number of likely N-dealkylation sites (tertiary alicyclic amines) is 1. The van der Waals surface area contributed by atoms with Crippen molar-refractivity contribution in [1.29, 1.82) is 0 Å². The molecular weight excluding hydrogens is 244 g/mol. The molecule has 104 valence electrons. The third-order valence-electron chi connectivity index (χ3n) is 3.53. The van der Waals surface area contributed by atoms with E-state index in [0.29, 0.717) is 18.7 Å². The Morgan fingerprint density at radius 1 is 1.16 bits per heavy atom. The van der Waals surface area contributed by atoms with Gasteiger partial charge in [0.15, 0.2) is 0 Å². The number of ether oxygens (including phenoxy) is 2. The molecule has 0 bridgehead atoms. The zero-order valence-corrected chi connectivity index (χ0v) is 11.6. The van der Waals surface area contributed by atoms with E-state index in [4.69, 9.17) is 9.47 Å². The van der Waals surface area contributed by atoms with Crippen LogP contribution in [0.25, 0.3) is 0 Å². The minimum absolute atomic E-state index is 0.0178. The zero-order valence-electron chi connectivity index (χ0n) is 11.6. The summed E-state index contributed by atoms with van der Waals surface area (Å²) < 4.78 is 10.7. The van der Waals surface area contributed by atoms with Gasteiger partial charge in [-0.1, -0.05) is 0 Å². The maximum atomic E-state index is 12.4. The van der Waals surface area contributed by atoms with Gasteiger partial charge >= 0.3 is 0 Å². The average Bonchev–Trinajstić information content (AvgIpc) is 2.89. The van der Waals surface area contributed by atoms with E-state index in [1.54, 1.807) is 19.1 Å². The number of benzene rings is 1. The van der Waals surface area contributed by atoms with Crippen molar-refractivity contribution in [1.82, 2.24) is 4.90 Å². The molecule has 1 aliphatic rings. The number of nitrogens with one attached hydrogen (secondary N) is 1. The second-order valence-corrected chi connectivity index (χ2v) is 4.59. The molecule has 0 radical (unpaired) electrons. The topological polar surface area (TPSA) is 50.8 Å². The molecule has 0 spiro atoms. The lowest BCUT2D eigenvalue weighted by Crippen LogP contribution is -2.30. The van der Waals surface area contributed by atoms with Crippen molar-refractivity contribution in [2.75, 3.05) is 39.7 Å². The van der Waals surface area contributed by atoms with Gasteiger partial charge in [-0.25, -0.2) is 0 Å². The number of amides is 1. The normalized spacial score (nSPS) is 22.6. The van der Waals surface area contributed by atoms with Crippen LogP contribution in [0.1, 0.15) is 10.4 Å². The predicted octanol–water partition coefficient (Wildman–Crippen LogP) is 1.21. The fourth-order valence-corrected chi connectivity index (χ4v) is 2.32. The third kappa shape index (κ3) is 2.88. The van der Waals surface area contributed by atoms with Crippen LogP contribution >= 0.6 is 0 Å². The Hall–Kier alpha value is -1.59. The van der Waals surface area contributed by atoms with E-state index in [-0.39, 0.29) is 18.1 Å². The highest BCUT2D eigenvalue weighted by molar-refractivity contribution is 5.94. The van der Waals surface area contributed by atoms with E-state index < -0.39 is 0 Å². The van der Waals surface area contributed by atoms with E-state index >= 15 is 0 Å². The average molecular weight is 264 g/mol. The summed E-state index contributed by atoms with van der Waals surface area (Å²) in [5, 5.41) is 3.03. The fraction of sp³-hybridized carbons (Fsp3) is 0.500. The summed E-state index contributed by atoms with van der Waals surface area (Å²) in [7, 11) is 5.14.